The fourth-order valence-electron chi connectivity index (χ4n) is 1.13. The Kier molecular flexibility index (Phi) is 4.41. The maximum atomic E-state index is 8.88. The predicted molar refractivity (Wildman–Crippen MR) is 63.2 cm³/mol. The van der Waals surface area contributed by atoms with E-state index in [9.17, 15) is 0 Å². The van der Waals surface area contributed by atoms with E-state index in [1.807, 2.05) is 7.05 Å². The highest BCUT2D eigenvalue weighted by Gasteiger charge is 2.03. The molecule has 2 N–H and O–H groups in total. The molecule has 0 heterocycles. The van der Waals surface area contributed by atoms with Crippen molar-refractivity contribution in [3.63, 3.8) is 0 Å². The summed E-state index contributed by atoms with van der Waals surface area (Å²) in [6.45, 7) is 2.81. The van der Waals surface area contributed by atoms with Gasteiger partial charge in [-0.3, -0.25) is 0 Å². The Morgan fingerprint density at radius 2 is 2.27 bits per heavy atom. The molecule has 1 unspecified atom stereocenters. The lowest BCUT2D eigenvalue weighted by Crippen LogP contribution is -2.29. The van der Waals surface area contributed by atoms with Gasteiger partial charge in [0.2, 0.25) is 0 Å². The molecule has 0 bridgehead atoms. The summed E-state index contributed by atoms with van der Waals surface area (Å²) in [4.78, 5) is 0. The minimum atomic E-state index is 0.343. The lowest BCUT2D eigenvalue weighted by molar-refractivity contribution is 0.638. The van der Waals surface area contributed by atoms with Crippen molar-refractivity contribution in [3.8, 4) is 6.07 Å². The summed E-state index contributed by atoms with van der Waals surface area (Å²) in [7, 11) is 1.90. The molecule has 0 radical (unpaired) electrons. The third-order valence-corrected chi connectivity index (χ3v) is 2.43. The Morgan fingerprint density at radius 1 is 1.53 bits per heavy atom. The molecule has 0 saturated heterocycles. The monoisotopic (exact) mass is 223 g/mol. The van der Waals surface area contributed by atoms with E-state index in [-0.39, 0.29) is 0 Å². The van der Waals surface area contributed by atoms with Gasteiger partial charge in [0.1, 0.15) is 6.07 Å². The van der Waals surface area contributed by atoms with E-state index in [4.69, 9.17) is 16.9 Å². The Bertz CT molecular complexity index is 371. The van der Waals surface area contributed by atoms with Crippen molar-refractivity contribution in [2.45, 2.75) is 13.0 Å². The molecule has 0 aliphatic rings. The van der Waals surface area contributed by atoms with Crippen LogP contribution in [0.4, 0.5) is 5.69 Å². The summed E-state index contributed by atoms with van der Waals surface area (Å²) in [5.74, 6) is 0. The van der Waals surface area contributed by atoms with Crippen molar-refractivity contribution in [3.05, 3.63) is 28.8 Å². The van der Waals surface area contributed by atoms with Gasteiger partial charge in [-0.1, -0.05) is 11.6 Å². The third kappa shape index (κ3) is 3.43. The average Bonchev–Trinajstić information content (AvgIpc) is 2.26. The van der Waals surface area contributed by atoms with Crippen LogP contribution in [0.1, 0.15) is 12.5 Å². The van der Waals surface area contributed by atoms with Crippen molar-refractivity contribution in [1.29, 1.82) is 5.26 Å². The standard InChI is InChI=1S/C11H14ClN3/c1-8(14-2)7-15-11-5-10(12)4-3-9(11)6-13/h3-5,8,14-15H,7H2,1-2H3. The van der Waals surface area contributed by atoms with Gasteiger partial charge in [0, 0.05) is 17.6 Å². The fraction of sp³-hybridized carbons (Fsp3) is 0.364. The van der Waals surface area contributed by atoms with Gasteiger partial charge >= 0.3 is 0 Å². The minimum absolute atomic E-state index is 0.343. The first-order chi connectivity index (χ1) is 7.17. The predicted octanol–water partition coefficient (Wildman–Crippen LogP) is 2.23. The van der Waals surface area contributed by atoms with Gasteiger partial charge in [-0.15, -0.1) is 0 Å². The van der Waals surface area contributed by atoms with Crippen LogP contribution >= 0.6 is 11.6 Å². The van der Waals surface area contributed by atoms with Crippen molar-refractivity contribution < 1.29 is 0 Å². The van der Waals surface area contributed by atoms with E-state index >= 15 is 0 Å². The van der Waals surface area contributed by atoms with Gasteiger partial charge in [-0.25, -0.2) is 0 Å². The number of anilines is 1. The normalized spacial score (nSPS) is 11.9. The molecule has 0 aliphatic carbocycles. The van der Waals surface area contributed by atoms with E-state index in [1.54, 1.807) is 18.2 Å². The van der Waals surface area contributed by atoms with Gasteiger partial charge in [-0.2, -0.15) is 5.26 Å². The second kappa shape index (κ2) is 5.59. The Labute approximate surface area is 95.1 Å². The van der Waals surface area contributed by atoms with Crippen molar-refractivity contribution in [2.24, 2.45) is 0 Å². The number of nitrogens with one attached hydrogen (secondary N) is 2. The number of hydrogen-bond donors (Lipinski definition) is 2. The van der Waals surface area contributed by atoms with Crippen LogP contribution in [0.2, 0.25) is 5.02 Å². The molecular formula is C11H14ClN3. The van der Waals surface area contributed by atoms with Crippen LogP contribution in [0.15, 0.2) is 18.2 Å². The summed E-state index contributed by atoms with van der Waals surface area (Å²) in [6.07, 6.45) is 0. The number of rotatable bonds is 4. The first kappa shape index (κ1) is 11.8. The highest BCUT2D eigenvalue weighted by molar-refractivity contribution is 6.30. The Morgan fingerprint density at radius 3 is 2.87 bits per heavy atom. The Hall–Kier alpha value is -1.24. The summed E-state index contributed by atoms with van der Waals surface area (Å²) in [5.41, 5.74) is 1.40. The van der Waals surface area contributed by atoms with Crippen LogP contribution in [0, 0.1) is 11.3 Å². The molecule has 1 rings (SSSR count). The maximum absolute atomic E-state index is 8.88. The number of nitriles is 1. The molecule has 3 nitrogen and oxygen atoms in total. The van der Waals surface area contributed by atoms with Crippen LogP contribution in [0.5, 0.6) is 0 Å². The van der Waals surface area contributed by atoms with Crippen molar-refractivity contribution >= 4 is 17.3 Å². The number of hydrogen-bond acceptors (Lipinski definition) is 3. The number of nitrogens with zero attached hydrogens (tertiary/aromatic N) is 1. The maximum Gasteiger partial charge on any atom is 0.101 e. The first-order valence-electron chi connectivity index (χ1n) is 4.78. The van der Waals surface area contributed by atoms with E-state index in [2.05, 4.69) is 23.6 Å². The first-order valence-corrected chi connectivity index (χ1v) is 5.16. The molecule has 0 spiro atoms. The molecule has 4 heteroatoms. The molecule has 0 aromatic heterocycles. The summed E-state index contributed by atoms with van der Waals surface area (Å²) >= 11 is 5.86. The molecule has 0 amide bonds. The zero-order chi connectivity index (χ0) is 11.3. The van der Waals surface area contributed by atoms with Gasteiger partial charge in [0.15, 0.2) is 0 Å². The van der Waals surface area contributed by atoms with Crippen molar-refractivity contribution in [1.82, 2.24) is 5.32 Å². The van der Waals surface area contributed by atoms with Gasteiger partial charge < -0.3 is 10.6 Å². The van der Waals surface area contributed by atoms with Crippen LogP contribution < -0.4 is 10.6 Å². The van der Waals surface area contributed by atoms with Gasteiger partial charge in [-0.05, 0) is 32.2 Å². The van der Waals surface area contributed by atoms with E-state index < -0.39 is 0 Å². The molecule has 80 valence electrons. The van der Waals surface area contributed by atoms with E-state index in [0.717, 1.165) is 12.2 Å². The van der Waals surface area contributed by atoms with Gasteiger partial charge in [0.05, 0.1) is 11.3 Å². The second-order valence-electron chi connectivity index (χ2n) is 3.37. The summed E-state index contributed by atoms with van der Waals surface area (Å²) < 4.78 is 0. The number of benzene rings is 1. The fourth-order valence-corrected chi connectivity index (χ4v) is 1.30. The van der Waals surface area contributed by atoms with Crippen molar-refractivity contribution in [2.75, 3.05) is 18.9 Å². The largest absolute Gasteiger partial charge is 0.382 e. The van der Waals surface area contributed by atoms with E-state index in [0.29, 0.717) is 16.6 Å². The zero-order valence-corrected chi connectivity index (χ0v) is 9.60. The smallest absolute Gasteiger partial charge is 0.101 e. The highest BCUT2D eigenvalue weighted by atomic mass is 35.5. The molecule has 0 fully saturated rings. The van der Waals surface area contributed by atoms with Crippen LogP contribution in [0.25, 0.3) is 0 Å². The Balaban J connectivity index is 2.75. The lowest BCUT2D eigenvalue weighted by Gasteiger charge is -2.13. The molecule has 1 atom stereocenters. The summed E-state index contributed by atoms with van der Waals surface area (Å²) in [6, 6.07) is 7.66. The lowest BCUT2D eigenvalue weighted by atomic mass is 10.2. The number of likely N-dealkylation sites (N-methyl/N-ethyl adjacent to an activating group) is 1. The molecule has 1 aromatic carbocycles. The highest BCUT2D eigenvalue weighted by Crippen LogP contribution is 2.20. The minimum Gasteiger partial charge on any atom is -0.382 e. The van der Waals surface area contributed by atoms with Gasteiger partial charge in [0.25, 0.3) is 0 Å². The van der Waals surface area contributed by atoms with Crippen LogP contribution in [-0.4, -0.2) is 19.6 Å². The number of halogens is 1. The molecule has 0 saturated carbocycles. The quantitative estimate of drug-likeness (QED) is 0.823. The third-order valence-electron chi connectivity index (χ3n) is 2.19. The SMILES string of the molecule is CNC(C)CNc1cc(Cl)ccc1C#N. The zero-order valence-electron chi connectivity index (χ0n) is 8.84. The molecular weight excluding hydrogens is 210 g/mol. The topological polar surface area (TPSA) is 47.8 Å². The average molecular weight is 224 g/mol. The van der Waals surface area contributed by atoms with E-state index in [1.165, 1.54) is 0 Å². The van der Waals surface area contributed by atoms with Crippen LogP contribution in [-0.2, 0) is 0 Å². The summed E-state index contributed by atoms with van der Waals surface area (Å²) in [5, 5.41) is 15.8. The molecule has 15 heavy (non-hydrogen) atoms. The van der Waals surface area contributed by atoms with Crippen LogP contribution in [0.3, 0.4) is 0 Å². The molecule has 1 aromatic rings. The molecule has 0 aliphatic heterocycles. The second-order valence-corrected chi connectivity index (χ2v) is 3.81.